The number of rotatable bonds is 7. The third-order valence-electron chi connectivity index (χ3n) is 2.20. The number of nitrogens with zero attached hydrogens (tertiary/aromatic N) is 1. The second kappa shape index (κ2) is 6.32. The van der Waals surface area contributed by atoms with Crippen molar-refractivity contribution in [2.75, 3.05) is 18.1 Å². The van der Waals surface area contributed by atoms with Gasteiger partial charge in [-0.15, -0.1) is 11.3 Å². The van der Waals surface area contributed by atoms with Gasteiger partial charge in [-0.3, -0.25) is 0 Å². The van der Waals surface area contributed by atoms with Crippen molar-refractivity contribution in [3.05, 3.63) is 16.6 Å². The molecule has 6 heteroatoms. The molecule has 0 saturated heterocycles. The van der Waals surface area contributed by atoms with E-state index < -0.39 is 9.84 Å². The van der Waals surface area contributed by atoms with Crippen molar-refractivity contribution < 1.29 is 8.42 Å². The van der Waals surface area contributed by atoms with Crippen LogP contribution in [0.15, 0.2) is 11.6 Å². The molecule has 4 nitrogen and oxygen atoms in total. The zero-order valence-corrected chi connectivity index (χ0v) is 11.3. The van der Waals surface area contributed by atoms with Crippen molar-refractivity contribution in [1.82, 2.24) is 10.3 Å². The van der Waals surface area contributed by atoms with Crippen LogP contribution in [-0.2, 0) is 9.84 Å². The van der Waals surface area contributed by atoms with E-state index in [2.05, 4.69) is 10.3 Å². The van der Waals surface area contributed by atoms with Crippen LogP contribution in [0.5, 0.6) is 0 Å². The van der Waals surface area contributed by atoms with E-state index >= 15 is 0 Å². The first kappa shape index (κ1) is 13.6. The molecule has 0 fully saturated rings. The molecule has 92 valence electrons. The molecule has 0 saturated carbocycles. The fourth-order valence-electron chi connectivity index (χ4n) is 1.38. The minimum absolute atomic E-state index is 0.122. The second-order valence-electron chi connectivity index (χ2n) is 3.70. The third kappa shape index (κ3) is 4.59. The highest BCUT2D eigenvalue weighted by Gasteiger charge is 2.11. The van der Waals surface area contributed by atoms with E-state index in [1.165, 1.54) is 0 Å². The Balaban J connectivity index is 2.31. The molecular weight excluding hydrogens is 244 g/mol. The molecule has 0 radical (unpaired) electrons. The largest absolute Gasteiger partial charge is 0.307 e. The first-order valence-electron chi connectivity index (χ1n) is 5.38. The van der Waals surface area contributed by atoms with E-state index in [9.17, 15) is 8.42 Å². The van der Waals surface area contributed by atoms with Gasteiger partial charge in [0, 0.05) is 23.9 Å². The predicted octanol–water partition coefficient (Wildman–Crippen LogP) is 1.62. The Bertz CT molecular complexity index is 387. The van der Waals surface area contributed by atoms with Gasteiger partial charge < -0.3 is 5.32 Å². The van der Waals surface area contributed by atoms with Crippen LogP contribution in [0.2, 0.25) is 0 Å². The van der Waals surface area contributed by atoms with Gasteiger partial charge in [-0.2, -0.15) is 0 Å². The molecule has 1 aromatic heterocycles. The summed E-state index contributed by atoms with van der Waals surface area (Å²) in [6, 6.07) is 0.122. The Morgan fingerprint density at radius 3 is 2.81 bits per heavy atom. The molecular formula is C10H18N2O2S2. The number of sulfone groups is 1. The lowest BCUT2D eigenvalue weighted by Gasteiger charge is -2.10. The summed E-state index contributed by atoms with van der Waals surface area (Å²) in [4.78, 5) is 4.17. The van der Waals surface area contributed by atoms with E-state index in [0.29, 0.717) is 13.0 Å². The molecule has 0 aliphatic rings. The average molecular weight is 262 g/mol. The van der Waals surface area contributed by atoms with Gasteiger partial charge in [-0.25, -0.2) is 13.4 Å². The highest BCUT2D eigenvalue weighted by molar-refractivity contribution is 7.91. The summed E-state index contributed by atoms with van der Waals surface area (Å²) in [5.74, 6) is 0.483. The Kier molecular flexibility index (Phi) is 5.37. The molecule has 0 spiro atoms. The van der Waals surface area contributed by atoms with Gasteiger partial charge in [0.15, 0.2) is 9.84 Å². The maximum absolute atomic E-state index is 11.4. The number of nitrogens with one attached hydrogen (secondary N) is 1. The van der Waals surface area contributed by atoms with Crippen molar-refractivity contribution in [1.29, 1.82) is 0 Å². The second-order valence-corrected chi connectivity index (χ2v) is 6.93. The molecule has 1 atom stereocenters. The van der Waals surface area contributed by atoms with Crippen molar-refractivity contribution in [3.8, 4) is 0 Å². The molecule has 0 bridgehead atoms. The van der Waals surface area contributed by atoms with Gasteiger partial charge >= 0.3 is 0 Å². The predicted molar refractivity (Wildman–Crippen MR) is 67.5 cm³/mol. The van der Waals surface area contributed by atoms with Crippen LogP contribution in [0.1, 0.15) is 31.3 Å². The molecule has 0 aliphatic heterocycles. The van der Waals surface area contributed by atoms with E-state index in [1.807, 2.05) is 19.2 Å². The SMILES string of the molecule is CCCS(=O)(=O)CCNC(C)c1nccs1. The number of hydrogen-bond acceptors (Lipinski definition) is 5. The van der Waals surface area contributed by atoms with Gasteiger partial charge in [-0.1, -0.05) is 6.92 Å². The molecule has 1 N–H and O–H groups in total. The number of hydrogen-bond donors (Lipinski definition) is 1. The fourth-order valence-corrected chi connectivity index (χ4v) is 3.30. The maximum Gasteiger partial charge on any atom is 0.151 e. The quantitative estimate of drug-likeness (QED) is 0.811. The molecule has 1 rings (SSSR count). The van der Waals surface area contributed by atoms with Crippen LogP contribution in [0.3, 0.4) is 0 Å². The summed E-state index contributed by atoms with van der Waals surface area (Å²) in [5.41, 5.74) is 0. The molecule has 16 heavy (non-hydrogen) atoms. The Morgan fingerprint density at radius 1 is 1.50 bits per heavy atom. The highest BCUT2D eigenvalue weighted by atomic mass is 32.2. The smallest absolute Gasteiger partial charge is 0.151 e. The first-order chi connectivity index (χ1) is 7.55. The van der Waals surface area contributed by atoms with Crippen LogP contribution < -0.4 is 5.32 Å². The molecule has 0 aromatic carbocycles. The Morgan fingerprint density at radius 2 is 2.25 bits per heavy atom. The van der Waals surface area contributed by atoms with Gasteiger partial charge in [0.1, 0.15) is 5.01 Å². The van der Waals surface area contributed by atoms with E-state index in [1.54, 1.807) is 17.5 Å². The summed E-state index contributed by atoms with van der Waals surface area (Å²) in [6.07, 6.45) is 2.44. The highest BCUT2D eigenvalue weighted by Crippen LogP contribution is 2.14. The Labute approximate surface area is 101 Å². The van der Waals surface area contributed by atoms with Crippen LogP contribution in [0.25, 0.3) is 0 Å². The summed E-state index contributed by atoms with van der Waals surface area (Å²) >= 11 is 1.58. The number of thiazole rings is 1. The summed E-state index contributed by atoms with van der Waals surface area (Å²) in [7, 11) is -2.88. The molecule has 0 amide bonds. The zero-order chi connectivity index (χ0) is 12.0. The van der Waals surface area contributed by atoms with Crippen molar-refractivity contribution in [3.63, 3.8) is 0 Å². The lowest BCUT2D eigenvalue weighted by Crippen LogP contribution is -2.26. The normalized spacial score (nSPS) is 13.9. The lowest BCUT2D eigenvalue weighted by molar-refractivity contribution is 0.570. The Hall–Kier alpha value is -0.460. The zero-order valence-electron chi connectivity index (χ0n) is 9.64. The van der Waals surface area contributed by atoms with Gasteiger partial charge in [0.05, 0.1) is 11.8 Å². The molecule has 1 unspecified atom stereocenters. The maximum atomic E-state index is 11.4. The average Bonchev–Trinajstić information content (AvgIpc) is 2.69. The van der Waals surface area contributed by atoms with Crippen molar-refractivity contribution in [2.45, 2.75) is 26.3 Å². The monoisotopic (exact) mass is 262 g/mol. The molecule has 1 aromatic rings. The minimum atomic E-state index is -2.88. The van der Waals surface area contributed by atoms with Crippen molar-refractivity contribution in [2.24, 2.45) is 0 Å². The molecule has 1 heterocycles. The third-order valence-corrected chi connectivity index (χ3v) is 5.02. The van der Waals surface area contributed by atoms with Crippen LogP contribution in [0, 0.1) is 0 Å². The van der Waals surface area contributed by atoms with Crippen LogP contribution in [0.4, 0.5) is 0 Å². The topological polar surface area (TPSA) is 59.1 Å². The fraction of sp³-hybridized carbons (Fsp3) is 0.700. The van der Waals surface area contributed by atoms with Crippen LogP contribution >= 0.6 is 11.3 Å². The van der Waals surface area contributed by atoms with Gasteiger partial charge in [0.25, 0.3) is 0 Å². The summed E-state index contributed by atoms with van der Waals surface area (Å²) in [6.45, 7) is 4.36. The standard InChI is InChI=1S/C10H18N2O2S2/c1-3-7-16(13,14)8-5-11-9(2)10-12-4-6-15-10/h4,6,9,11H,3,5,7-8H2,1-2H3. The first-order valence-corrected chi connectivity index (χ1v) is 8.08. The van der Waals surface area contributed by atoms with E-state index in [-0.39, 0.29) is 17.5 Å². The van der Waals surface area contributed by atoms with E-state index in [4.69, 9.17) is 0 Å². The van der Waals surface area contributed by atoms with Crippen molar-refractivity contribution >= 4 is 21.2 Å². The lowest BCUT2D eigenvalue weighted by atomic mass is 10.3. The summed E-state index contributed by atoms with van der Waals surface area (Å²) in [5, 5.41) is 6.08. The van der Waals surface area contributed by atoms with Gasteiger partial charge in [-0.05, 0) is 13.3 Å². The van der Waals surface area contributed by atoms with Gasteiger partial charge in [0.2, 0.25) is 0 Å². The minimum Gasteiger partial charge on any atom is -0.307 e. The molecule has 0 aliphatic carbocycles. The summed E-state index contributed by atoms with van der Waals surface area (Å²) < 4.78 is 22.9. The van der Waals surface area contributed by atoms with Crippen LogP contribution in [-0.4, -0.2) is 31.5 Å². The number of aromatic nitrogens is 1. The van der Waals surface area contributed by atoms with E-state index in [0.717, 1.165) is 5.01 Å².